The topological polar surface area (TPSA) is 51.2 Å². The second kappa shape index (κ2) is 5.10. The minimum Gasteiger partial charge on any atom is -0.488 e. The van der Waals surface area contributed by atoms with Gasteiger partial charge in [-0.25, -0.2) is 0 Å². The zero-order valence-corrected chi connectivity index (χ0v) is 10.4. The number of hydrogen-bond donors (Lipinski definition) is 1. The van der Waals surface area contributed by atoms with E-state index in [0.29, 0.717) is 12.1 Å². The minimum absolute atomic E-state index is 0.0168. The summed E-state index contributed by atoms with van der Waals surface area (Å²) in [5, 5.41) is 2.88. The highest BCUT2D eigenvalue weighted by atomic mass is 16.5. The number of ether oxygens (including phenoxy) is 1. The van der Waals surface area contributed by atoms with Crippen molar-refractivity contribution in [1.82, 2.24) is 10.3 Å². The molecule has 1 aliphatic rings. The van der Waals surface area contributed by atoms with Crippen molar-refractivity contribution in [3.05, 3.63) is 59.9 Å². The first-order chi connectivity index (χ1) is 9.33. The van der Waals surface area contributed by atoms with Crippen molar-refractivity contribution in [2.24, 2.45) is 0 Å². The van der Waals surface area contributed by atoms with E-state index in [9.17, 15) is 4.79 Å². The van der Waals surface area contributed by atoms with Crippen LogP contribution in [0.15, 0.2) is 48.8 Å². The van der Waals surface area contributed by atoms with E-state index in [1.165, 1.54) is 5.56 Å². The summed E-state index contributed by atoms with van der Waals surface area (Å²) in [7, 11) is 0. The summed E-state index contributed by atoms with van der Waals surface area (Å²) < 4.78 is 5.77. The van der Waals surface area contributed by atoms with Gasteiger partial charge in [0.25, 0.3) is 5.91 Å². The van der Waals surface area contributed by atoms with Crippen molar-refractivity contribution in [3.8, 4) is 5.75 Å². The Morgan fingerprint density at radius 1 is 1.26 bits per heavy atom. The zero-order chi connectivity index (χ0) is 13.1. The molecule has 0 radical (unpaired) electrons. The number of rotatable bonds is 3. The van der Waals surface area contributed by atoms with E-state index in [0.717, 1.165) is 12.2 Å². The monoisotopic (exact) mass is 254 g/mol. The SMILES string of the molecule is O=C(NCC1Cc2ccccc2O1)c1ccncc1. The lowest BCUT2D eigenvalue weighted by Crippen LogP contribution is -2.34. The molecule has 96 valence electrons. The molecule has 0 bridgehead atoms. The molecule has 1 amide bonds. The number of aromatic nitrogens is 1. The first-order valence-corrected chi connectivity index (χ1v) is 6.26. The summed E-state index contributed by atoms with van der Waals surface area (Å²) in [6.07, 6.45) is 4.07. The molecule has 0 saturated carbocycles. The Kier molecular flexibility index (Phi) is 3.14. The summed E-state index contributed by atoms with van der Waals surface area (Å²) in [4.78, 5) is 15.8. The third-order valence-corrected chi connectivity index (χ3v) is 3.15. The van der Waals surface area contributed by atoms with Crippen LogP contribution in [0.4, 0.5) is 0 Å². The van der Waals surface area contributed by atoms with E-state index in [1.54, 1.807) is 24.5 Å². The number of para-hydroxylation sites is 1. The van der Waals surface area contributed by atoms with E-state index >= 15 is 0 Å². The number of carbonyl (C=O) groups is 1. The Morgan fingerprint density at radius 3 is 2.84 bits per heavy atom. The van der Waals surface area contributed by atoms with Gasteiger partial charge in [-0.2, -0.15) is 0 Å². The van der Waals surface area contributed by atoms with Crippen molar-refractivity contribution in [1.29, 1.82) is 0 Å². The molecule has 0 aliphatic carbocycles. The summed E-state index contributed by atoms with van der Waals surface area (Å²) in [5.41, 5.74) is 1.82. The molecular formula is C15H14N2O2. The van der Waals surface area contributed by atoms with Crippen molar-refractivity contribution in [2.75, 3.05) is 6.54 Å². The second-order valence-electron chi connectivity index (χ2n) is 4.50. The normalized spacial score (nSPS) is 16.5. The highest BCUT2D eigenvalue weighted by Gasteiger charge is 2.22. The van der Waals surface area contributed by atoms with E-state index in [1.807, 2.05) is 18.2 Å². The van der Waals surface area contributed by atoms with E-state index in [2.05, 4.69) is 16.4 Å². The largest absolute Gasteiger partial charge is 0.488 e. The molecule has 2 aromatic rings. The smallest absolute Gasteiger partial charge is 0.251 e. The zero-order valence-electron chi connectivity index (χ0n) is 10.4. The Labute approximate surface area is 111 Å². The van der Waals surface area contributed by atoms with E-state index < -0.39 is 0 Å². The van der Waals surface area contributed by atoms with Crippen LogP contribution in [-0.4, -0.2) is 23.5 Å². The van der Waals surface area contributed by atoms with Gasteiger partial charge in [0.15, 0.2) is 0 Å². The van der Waals surface area contributed by atoms with Gasteiger partial charge < -0.3 is 10.1 Å². The molecule has 1 unspecified atom stereocenters. The highest BCUT2D eigenvalue weighted by Crippen LogP contribution is 2.27. The van der Waals surface area contributed by atoms with Crippen LogP contribution in [0.2, 0.25) is 0 Å². The molecule has 0 saturated heterocycles. The van der Waals surface area contributed by atoms with Crippen molar-refractivity contribution < 1.29 is 9.53 Å². The van der Waals surface area contributed by atoms with Gasteiger partial charge in [0, 0.05) is 24.4 Å². The molecule has 0 fully saturated rings. The maximum Gasteiger partial charge on any atom is 0.251 e. The fourth-order valence-corrected chi connectivity index (χ4v) is 2.18. The predicted octanol–water partition coefficient (Wildman–Crippen LogP) is 1.82. The van der Waals surface area contributed by atoms with Crippen LogP contribution in [0.5, 0.6) is 5.75 Å². The standard InChI is InChI=1S/C15H14N2O2/c18-15(11-5-7-16-8-6-11)17-10-13-9-12-3-1-2-4-14(12)19-13/h1-8,13H,9-10H2,(H,17,18). The number of benzene rings is 1. The number of pyridine rings is 1. The lowest BCUT2D eigenvalue weighted by molar-refractivity contribution is 0.0933. The Balaban J connectivity index is 1.56. The maximum atomic E-state index is 11.9. The number of nitrogens with one attached hydrogen (secondary N) is 1. The van der Waals surface area contributed by atoms with Crippen molar-refractivity contribution in [3.63, 3.8) is 0 Å². The molecule has 0 spiro atoms. The number of amides is 1. The van der Waals surface area contributed by atoms with Gasteiger partial charge in [0.05, 0.1) is 6.54 Å². The molecule has 1 aromatic heterocycles. The molecule has 3 rings (SSSR count). The lowest BCUT2D eigenvalue weighted by Gasteiger charge is -2.11. The van der Waals surface area contributed by atoms with Crippen LogP contribution in [0.3, 0.4) is 0 Å². The lowest BCUT2D eigenvalue weighted by atomic mass is 10.1. The average Bonchev–Trinajstić information content (AvgIpc) is 2.88. The third-order valence-electron chi connectivity index (χ3n) is 3.15. The van der Waals surface area contributed by atoms with Crippen molar-refractivity contribution >= 4 is 5.91 Å². The van der Waals surface area contributed by atoms with Crippen LogP contribution < -0.4 is 10.1 Å². The molecule has 4 nitrogen and oxygen atoms in total. The van der Waals surface area contributed by atoms with Gasteiger partial charge in [-0.1, -0.05) is 18.2 Å². The molecule has 1 N–H and O–H groups in total. The second-order valence-corrected chi connectivity index (χ2v) is 4.50. The molecule has 19 heavy (non-hydrogen) atoms. The Morgan fingerprint density at radius 2 is 2.05 bits per heavy atom. The van der Waals surface area contributed by atoms with Crippen LogP contribution >= 0.6 is 0 Å². The maximum absolute atomic E-state index is 11.9. The molecule has 4 heteroatoms. The fraction of sp³-hybridized carbons (Fsp3) is 0.200. The van der Waals surface area contributed by atoms with Gasteiger partial charge in [-0.15, -0.1) is 0 Å². The molecule has 1 aromatic carbocycles. The number of fused-ring (bicyclic) bond motifs is 1. The van der Waals surface area contributed by atoms with E-state index in [-0.39, 0.29) is 12.0 Å². The number of hydrogen-bond acceptors (Lipinski definition) is 3. The average molecular weight is 254 g/mol. The molecule has 1 atom stereocenters. The quantitative estimate of drug-likeness (QED) is 0.909. The van der Waals surface area contributed by atoms with Crippen LogP contribution in [0.25, 0.3) is 0 Å². The summed E-state index contributed by atoms with van der Waals surface area (Å²) in [5.74, 6) is 0.826. The van der Waals surface area contributed by atoms with Gasteiger partial charge >= 0.3 is 0 Å². The van der Waals surface area contributed by atoms with Crippen LogP contribution in [0, 0.1) is 0 Å². The Hall–Kier alpha value is -2.36. The van der Waals surface area contributed by atoms with Gasteiger partial charge in [0.2, 0.25) is 0 Å². The van der Waals surface area contributed by atoms with Gasteiger partial charge in [-0.05, 0) is 23.8 Å². The summed E-state index contributed by atoms with van der Waals surface area (Å²) in [6, 6.07) is 11.4. The fourth-order valence-electron chi connectivity index (χ4n) is 2.18. The van der Waals surface area contributed by atoms with Crippen LogP contribution in [-0.2, 0) is 6.42 Å². The minimum atomic E-state index is -0.0954. The number of carbonyl (C=O) groups excluding carboxylic acids is 1. The van der Waals surface area contributed by atoms with E-state index in [4.69, 9.17) is 4.74 Å². The molecular weight excluding hydrogens is 240 g/mol. The first-order valence-electron chi connectivity index (χ1n) is 6.26. The highest BCUT2D eigenvalue weighted by molar-refractivity contribution is 5.93. The third kappa shape index (κ3) is 2.57. The predicted molar refractivity (Wildman–Crippen MR) is 71.1 cm³/mol. The number of nitrogens with zero attached hydrogens (tertiary/aromatic N) is 1. The van der Waals surface area contributed by atoms with Crippen molar-refractivity contribution in [2.45, 2.75) is 12.5 Å². The van der Waals surface area contributed by atoms with Crippen LogP contribution in [0.1, 0.15) is 15.9 Å². The molecule has 2 heterocycles. The summed E-state index contributed by atoms with van der Waals surface area (Å²) in [6.45, 7) is 0.510. The first kappa shape index (κ1) is 11.7. The van der Waals surface area contributed by atoms with Gasteiger partial charge in [-0.3, -0.25) is 9.78 Å². The van der Waals surface area contributed by atoms with Gasteiger partial charge in [0.1, 0.15) is 11.9 Å². The molecule has 1 aliphatic heterocycles. The summed E-state index contributed by atoms with van der Waals surface area (Å²) >= 11 is 0. The Bertz CT molecular complexity index is 559.